The van der Waals surface area contributed by atoms with Crippen LogP contribution in [0.1, 0.15) is 16.1 Å². The molecule has 30 heavy (non-hydrogen) atoms. The van der Waals surface area contributed by atoms with E-state index in [0.29, 0.717) is 22.9 Å². The lowest BCUT2D eigenvalue weighted by atomic mass is 10.1. The number of ether oxygens (including phenoxy) is 1. The minimum atomic E-state index is -4.36. The van der Waals surface area contributed by atoms with E-state index >= 15 is 0 Å². The van der Waals surface area contributed by atoms with Gasteiger partial charge in [0, 0.05) is 23.2 Å². The number of hydrogen-bond acceptors (Lipinski definition) is 5. The van der Waals surface area contributed by atoms with Gasteiger partial charge in [0.25, 0.3) is 0 Å². The molecule has 0 amide bonds. The molecular weight excluding hydrogens is 417 g/mol. The first-order valence-corrected chi connectivity index (χ1v) is 9.75. The van der Waals surface area contributed by atoms with Crippen molar-refractivity contribution in [1.29, 1.82) is 0 Å². The Morgan fingerprint density at radius 1 is 1.13 bits per heavy atom. The summed E-state index contributed by atoms with van der Waals surface area (Å²) < 4.78 is 43.4. The SMILES string of the molecule is Cc1nc(-c2ccc(C(F)(F)F)cc2)sc1CN(C)c1ccc(OCC(=O)O)cc1. The lowest BCUT2D eigenvalue weighted by molar-refractivity contribution is -0.139. The minimum absolute atomic E-state index is 0.401. The maximum absolute atomic E-state index is 12.7. The summed E-state index contributed by atoms with van der Waals surface area (Å²) in [4.78, 5) is 18.1. The number of halogens is 3. The van der Waals surface area contributed by atoms with Crippen LogP contribution >= 0.6 is 11.3 Å². The van der Waals surface area contributed by atoms with Gasteiger partial charge >= 0.3 is 12.1 Å². The molecule has 3 aromatic rings. The van der Waals surface area contributed by atoms with Crippen LogP contribution in [-0.2, 0) is 17.5 Å². The number of benzene rings is 2. The first-order chi connectivity index (χ1) is 14.1. The topological polar surface area (TPSA) is 62.7 Å². The highest BCUT2D eigenvalue weighted by Crippen LogP contribution is 2.33. The first kappa shape index (κ1) is 21.6. The van der Waals surface area contributed by atoms with Crippen molar-refractivity contribution >= 4 is 23.0 Å². The molecule has 0 saturated heterocycles. The molecule has 5 nitrogen and oxygen atoms in total. The van der Waals surface area contributed by atoms with E-state index in [1.807, 2.05) is 31.0 Å². The number of aromatic nitrogens is 1. The Kier molecular flexibility index (Phi) is 6.31. The van der Waals surface area contributed by atoms with Gasteiger partial charge in [0.2, 0.25) is 0 Å². The number of anilines is 1. The van der Waals surface area contributed by atoms with Crippen molar-refractivity contribution in [2.24, 2.45) is 0 Å². The van der Waals surface area contributed by atoms with Crippen LogP contribution in [0.2, 0.25) is 0 Å². The molecule has 2 aromatic carbocycles. The van der Waals surface area contributed by atoms with Crippen molar-refractivity contribution in [3.05, 3.63) is 64.7 Å². The fourth-order valence-corrected chi connectivity index (χ4v) is 3.87. The molecule has 0 saturated carbocycles. The Hall–Kier alpha value is -3.07. The quantitative estimate of drug-likeness (QED) is 0.549. The van der Waals surface area contributed by atoms with Gasteiger partial charge in [-0.2, -0.15) is 13.2 Å². The summed E-state index contributed by atoms with van der Waals surface area (Å²) in [7, 11) is 1.91. The second-order valence-electron chi connectivity index (χ2n) is 6.64. The lowest BCUT2D eigenvalue weighted by Gasteiger charge is -2.19. The van der Waals surface area contributed by atoms with Gasteiger partial charge in [-0.25, -0.2) is 9.78 Å². The third kappa shape index (κ3) is 5.29. The van der Waals surface area contributed by atoms with E-state index in [4.69, 9.17) is 9.84 Å². The lowest BCUT2D eigenvalue weighted by Crippen LogP contribution is -2.16. The number of alkyl halides is 3. The molecule has 0 aliphatic heterocycles. The molecule has 0 radical (unpaired) electrons. The number of carboxylic acid groups (broad SMARTS) is 1. The molecule has 0 bridgehead atoms. The summed E-state index contributed by atoms with van der Waals surface area (Å²) in [5.74, 6) is -0.575. The number of nitrogens with zero attached hydrogens (tertiary/aromatic N) is 2. The van der Waals surface area contributed by atoms with Crippen LogP contribution in [0.15, 0.2) is 48.5 Å². The van der Waals surface area contributed by atoms with Crippen LogP contribution in [0.5, 0.6) is 5.75 Å². The van der Waals surface area contributed by atoms with Gasteiger partial charge in [-0.1, -0.05) is 12.1 Å². The van der Waals surface area contributed by atoms with E-state index in [-0.39, 0.29) is 0 Å². The van der Waals surface area contributed by atoms with E-state index in [9.17, 15) is 18.0 Å². The van der Waals surface area contributed by atoms with Gasteiger partial charge in [-0.15, -0.1) is 11.3 Å². The second-order valence-corrected chi connectivity index (χ2v) is 7.72. The third-order valence-corrected chi connectivity index (χ3v) is 5.56. The number of thiazole rings is 1. The van der Waals surface area contributed by atoms with Gasteiger partial charge in [-0.05, 0) is 43.3 Å². The molecule has 0 aliphatic carbocycles. The summed E-state index contributed by atoms with van der Waals surface area (Å²) in [6.07, 6.45) is -4.36. The molecule has 9 heteroatoms. The number of aryl methyl sites for hydroxylation is 1. The molecular formula is C21H19F3N2O3S. The highest BCUT2D eigenvalue weighted by atomic mass is 32.1. The zero-order valence-corrected chi connectivity index (χ0v) is 17.0. The zero-order valence-electron chi connectivity index (χ0n) is 16.2. The highest BCUT2D eigenvalue weighted by Gasteiger charge is 2.30. The van der Waals surface area contributed by atoms with Crippen LogP contribution < -0.4 is 9.64 Å². The second kappa shape index (κ2) is 8.74. The zero-order chi connectivity index (χ0) is 21.9. The Morgan fingerprint density at radius 3 is 2.33 bits per heavy atom. The van der Waals surface area contributed by atoms with E-state index in [1.54, 1.807) is 12.1 Å². The standard InChI is InChI=1S/C21H19F3N2O3S/c1-13-18(11-26(2)16-7-9-17(10-8-16)29-12-19(27)28)30-20(25-13)14-3-5-15(6-4-14)21(22,23)24/h3-10H,11-12H2,1-2H3,(H,27,28). The Morgan fingerprint density at radius 2 is 1.77 bits per heavy atom. The number of rotatable bonds is 7. The van der Waals surface area contributed by atoms with Gasteiger partial charge in [0.1, 0.15) is 10.8 Å². The van der Waals surface area contributed by atoms with Crippen LogP contribution in [-0.4, -0.2) is 29.7 Å². The van der Waals surface area contributed by atoms with Gasteiger partial charge in [0.15, 0.2) is 6.61 Å². The summed E-state index contributed by atoms with van der Waals surface area (Å²) in [6.45, 7) is 2.04. The van der Waals surface area contributed by atoms with Crippen molar-refractivity contribution in [3.63, 3.8) is 0 Å². The summed E-state index contributed by atoms with van der Waals surface area (Å²) >= 11 is 1.44. The average Bonchev–Trinajstić information content (AvgIpc) is 3.06. The fraction of sp³-hybridized carbons (Fsp3) is 0.238. The fourth-order valence-electron chi connectivity index (χ4n) is 2.75. The van der Waals surface area contributed by atoms with Crippen LogP contribution in [0.4, 0.5) is 18.9 Å². The number of aliphatic carboxylic acids is 1. The van der Waals surface area contributed by atoms with Crippen LogP contribution in [0, 0.1) is 6.92 Å². The van der Waals surface area contributed by atoms with E-state index in [0.717, 1.165) is 28.4 Å². The smallest absolute Gasteiger partial charge is 0.416 e. The highest BCUT2D eigenvalue weighted by molar-refractivity contribution is 7.15. The molecule has 0 aliphatic rings. The Balaban J connectivity index is 1.70. The van der Waals surface area contributed by atoms with Gasteiger partial charge < -0.3 is 14.7 Å². The van der Waals surface area contributed by atoms with Gasteiger partial charge in [-0.3, -0.25) is 0 Å². The molecule has 158 valence electrons. The molecule has 0 atom stereocenters. The van der Waals surface area contributed by atoms with Crippen molar-refractivity contribution in [3.8, 4) is 16.3 Å². The predicted molar refractivity (Wildman–Crippen MR) is 109 cm³/mol. The average molecular weight is 436 g/mol. The van der Waals surface area contributed by atoms with E-state index in [1.165, 1.54) is 23.5 Å². The Bertz CT molecular complexity index is 1020. The molecule has 0 fully saturated rings. The van der Waals surface area contributed by atoms with Gasteiger partial charge in [0.05, 0.1) is 17.8 Å². The van der Waals surface area contributed by atoms with E-state index in [2.05, 4.69) is 4.98 Å². The van der Waals surface area contributed by atoms with Crippen LogP contribution in [0.3, 0.4) is 0 Å². The maximum atomic E-state index is 12.7. The molecule has 1 heterocycles. The molecule has 3 rings (SSSR count). The first-order valence-electron chi connectivity index (χ1n) is 8.93. The number of hydrogen-bond donors (Lipinski definition) is 1. The molecule has 0 unspecified atom stereocenters. The minimum Gasteiger partial charge on any atom is -0.482 e. The summed E-state index contributed by atoms with van der Waals surface area (Å²) in [5, 5.41) is 9.32. The summed E-state index contributed by atoms with van der Waals surface area (Å²) in [6, 6.07) is 12.0. The van der Waals surface area contributed by atoms with E-state index < -0.39 is 24.3 Å². The third-order valence-electron chi connectivity index (χ3n) is 4.37. The largest absolute Gasteiger partial charge is 0.482 e. The van der Waals surface area contributed by atoms with Crippen molar-refractivity contribution in [2.45, 2.75) is 19.6 Å². The predicted octanol–water partition coefficient (Wildman–Crippen LogP) is 5.24. The van der Waals surface area contributed by atoms with Crippen molar-refractivity contribution in [1.82, 2.24) is 4.98 Å². The number of carboxylic acids is 1. The van der Waals surface area contributed by atoms with Crippen LogP contribution in [0.25, 0.3) is 10.6 Å². The van der Waals surface area contributed by atoms with Crippen molar-refractivity contribution < 1.29 is 27.8 Å². The normalized spacial score (nSPS) is 11.4. The molecule has 1 aromatic heterocycles. The molecule has 0 spiro atoms. The Labute approximate surface area is 175 Å². The monoisotopic (exact) mass is 436 g/mol. The molecule has 1 N–H and O–H groups in total. The maximum Gasteiger partial charge on any atom is 0.416 e. The number of carbonyl (C=O) groups is 1. The summed E-state index contributed by atoms with van der Waals surface area (Å²) in [5.41, 5.74) is 1.69. The van der Waals surface area contributed by atoms with Crippen molar-refractivity contribution in [2.75, 3.05) is 18.6 Å².